The van der Waals surface area contributed by atoms with E-state index in [-0.39, 0.29) is 5.91 Å². The number of carbonyl (C=O) groups excluding carboxylic acids is 1. The summed E-state index contributed by atoms with van der Waals surface area (Å²) in [7, 11) is 7.97. The Morgan fingerprint density at radius 3 is 2.11 bits per heavy atom. The highest BCUT2D eigenvalue weighted by Crippen LogP contribution is 2.33. The van der Waals surface area contributed by atoms with Gasteiger partial charge in [0.05, 0.1) is 23.1 Å². The lowest BCUT2D eigenvalue weighted by atomic mass is 9.76. The Morgan fingerprint density at radius 2 is 1.58 bits per heavy atom. The van der Waals surface area contributed by atoms with Crippen molar-refractivity contribution in [2.24, 2.45) is 25.4 Å². The molecule has 3 aromatic heterocycles. The van der Waals surface area contributed by atoms with Crippen LogP contribution < -0.4 is 0 Å². The summed E-state index contributed by atoms with van der Waals surface area (Å²) in [5.74, 6) is 0.614. The van der Waals surface area contributed by atoms with Crippen molar-refractivity contribution in [2.45, 2.75) is 47.1 Å². The maximum atomic E-state index is 14.7. The lowest BCUT2D eigenvalue weighted by Gasteiger charge is -2.39. The van der Waals surface area contributed by atoms with E-state index in [1.54, 1.807) is 6.26 Å². The number of fused-ring (bicyclic) bond motifs is 1. The average Bonchev–Trinajstić information content (AvgIpc) is 3.50. The van der Waals surface area contributed by atoms with E-state index >= 15 is 0 Å². The second-order valence-electron chi connectivity index (χ2n) is 11.5. The van der Waals surface area contributed by atoms with Gasteiger partial charge in [-0.25, -0.2) is 0 Å². The first-order valence-electron chi connectivity index (χ1n) is 13.3. The third-order valence-electron chi connectivity index (χ3n) is 7.22. The van der Waals surface area contributed by atoms with Gasteiger partial charge in [0.25, 0.3) is 0 Å². The van der Waals surface area contributed by atoms with Crippen molar-refractivity contribution >= 4 is 16.9 Å². The Bertz CT molecular complexity index is 1350. The van der Waals surface area contributed by atoms with E-state index in [1.165, 1.54) is 0 Å². The highest BCUT2D eigenvalue weighted by Gasteiger charge is 2.43. The zero-order valence-corrected chi connectivity index (χ0v) is 24.2. The number of aryl methyl sites for hydroxylation is 4. The molecule has 0 aliphatic carbocycles. The molecule has 0 atom stereocenters. The van der Waals surface area contributed by atoms with Crippen molar-refractivity contribution in [3.8, 4) is 0 Å². The minimum Gasteiger partial charge on any atom is -0.464 e. The Kier molecular flexibility index (Phi) is 8.11. The SMILES string of the molecule is Cc1cc(CC(Cc2cc(C)nn2C)(CN(C)CC(C)C)C(=O)N(C)Cc2ccc3occc3c2)n(C)n1. The van der Waals surface area contributed by atoms with E-state index in [0.29, 0.717) is 31.8 Å². The van der Waals surface area contributed by atoms with Gasteiger partial charge in [0.15, 0.2) is 0 Å². The van der Waals surface area contributed by atoms with Crippen molar-refractivity contribution in [1.82, 2.24) is 29.4 Å². The molecule has 0 spiro atoms. The van der Waals surface area contributed by atoms with Crippen molar-refractivity contribution < 1.29 is 9.21 Å². The summed E-state index contributed by atoms with van der Waals surface area (Å²) in [5, 5.41) is 10.2. The lowest BCUT2D eigenvalue weighted by molar-refractivity contribution is -0.142. The third-order valence-corrected chi connectivity index (χ3v) is 7.22. The summed E-state index contributed by atoms with van der Waals surface area (Å²) in [5.41, 5.74) is 5.24. The van der Waals surface area contributed by atoms with Gasteiger partial charge in [0.2, 0.25) is 5.91 Å². The summed E-state index contributed by atoms with van der Waals surface area (Å²) in [4.78, 5) is 18.9. The largest absolute Gasteiger partial charge is 0.464 e. The molecular weight excluding hydrogens is 476 g/mol. The Morgan fingerprint density at radius 1 is 0.974 bits per heavy atom. The Hall–Kier alpha value is -3.39. The summed E-state index contributed by atoms with van der Waals surface area (Å²) in [6.45, 7) is 10.5. The number of hydrogen-bond acceptors (Lipinski definition) is 5. The minimum absolute atomic E-state index is 0.123. The number of carbonyl (C=O) groups is 1. The Labute approximate surface area is 226 Å². The van der Waals surface area contributed by atoms with Gasteiger partial charge in [-0.1, -0.05) is 19.9 Å². The molecule has 38 heavy (non-hydrogen) atoms. The van der Waals surface area contributed by atoms with Crippen LogP contribution in [0.15, 0.2) is 47.1 Å². The van der Waals surface area contributed by atoms with E-state index in [2.05, 4.69) is 54.2 Å². The second kappa shape index (κ2) is 11.2. The highest BCUT2D eigenvalue weighted by atomic mass is 16.3. The van der Waals surface area contributed by atoms with Gasteiger partial charge in [-0.15, -0.1) is 0 Å². The summed E-state index contributed by atoms with van der Waals surface area (Å²) >= 11 is 0. The fraction of sp³-hybridized carbons (Fsp3) is 0.500. The lowest BCUT2D eigenvalue weighted by Crippen LogP contribution is -2.51. The van der Waals surface area contributed by atoms with Gasteiger partial charge in [0.1, 0.15) is 5.58 Å². The van der Waals surface area contributed by atoms with Crippen molar-refractivity contribution in [3.63, 3.8) is 0 Å². The molecule has 8 heteroatoms. The first-order valence-corrected chi connectivity index (χ1v) is 13.3. The fourth-order valence-electron chi connectivity index (χ4n) is 5.82. The molecule has 0 saturated heterocycles. The van der Waals surface area contributed by atoms with Gasteiger partial charge in [-0.05, 0) is 62.7 Å². The van der Waals surface area contributed by atoms with Crippen LogP contribution in [0, 0.1) is 25.2 Å². The van der Waals surface area contributed by atoms with E-state index in [9.17, 15) is 4.79 Å². The van der Waals surface area contributed by atoms with E-state index in [0.717, 1.165) is 45.9 Å². The standard InChI is InChI=1S/C30H42N6O2/c1-21(2)18-33(5)20-30(16-26-13-22(3)31-35(26)7,17-27-14-23(4)32-36(27)8)29(37)34(6)19-24-9-10-28-25(15-24)11-12-38-28/h9-15,21H,16-20H2,1-8H3. The van der Waals surface area contributed by atoms with Gasteiger partial charge < -0.3 is 14.2 Å². The number of amides is 1. The predicted molar refractivity (Wildman–Crippen MR) is 151 cm³/mol. The third kappa shape index (κ3) is 6.18. The Balaban J connectivity index is 1.75. The van der Waals surface area contributed by atoms with E-state index < -0.39 is 5.41 Å². The van der Waals surface area contributed by atoms with Gasteiger partial charge >= 0.3 is 0 Å². The maximum Gasteiger partial charge on any atom is 0.230 e. The van der Waals surface area contributed by atoms with Crippen LogP contribution in [-0.4, -0.2) is 62.5 Å². The molecule has 0 aliphatic rings. The monoisotopic (exact) mass is 518 g/mol. The van der Waals surface area contributed by atoms with Crippen molar-refractivity contribution in [3.05, 3.63) is 71.0 Å². The summed E-state index contributed by atoms with van der Waals surface area (Å²) in [6, 6.07) is 12.3. The van der Waals surface area contributed by atoms with Gasteiger partial charge in [-0.3, -0.25) is 14.2 Å². The van der Waals surface area contributed by atoms with Crippen LogP contribution in [-0.2, 0) is 38.3 Å². The molecule has 4 rings (SSSR count). The zero-order valence-electron chi connectivity index (χ0n) is 24.2. The predicted octanol–water partition coefficient (Wildman–Crippen LogP) is 4.53. The van der Waals surface area contributed by atoms with Crippen LogP contribution in [0.25, 0.3) is 11.0 Å². The van der Waals surface area contributed by atoms with Gasteiger partial charge in [-0.2, -0.15) is 10.2 Å². The summed E-state index contributed by atoms with van der Waals surface area (Å²) in [6.07, 6.45) is 2.87. The van der Waals surface area contributed by atoms with Crippen LogP contribution in [0.2, 0.25) is 0 Å². The average molecular weight is 519 g/mol. The maximum absolute atomic E-state index is 14.7. The quantitative estimate of drug-likeness (QED) is 0.292. The molecule has 8 nitrogen and oxygen atoms in total. The molecule has 0 radical (unpaired) electrons. The molecule has 0 saturated carbocycles. The smallest absolute Gasteiger partial charge is 0.230 e. The zero-order chi connectivity index (χ0) is 27.6. The van der Waals surface area contributed by atoms with E-state index in [1.807, 2.05) is 67.5 Å². The molecule has 1 amide bonds. The molecule has 0 bridgehead atoms. The molecular formula is C30H42N6O2. The first-order chi connectivity index (χ1) is 18.0. The number of hydrogen-bond donors (Lipinski definition) is 0. The normalized spacial score (nSPS) is 12.3. The molecule has 204 valence electrons. The van der Waals surface area contributed by atoms with Gasteiger partial charge in [0, 0.05) is 70.4 Å². The van der Waals surface area contributed by atoms with Crippen LogP contribution >= 0.6 is 0 Å². The molecule has 1 aromatic carbocycles. The highest BCUT2D eigenvalue weighted by molar-refractivity contribution is 5.84. The second-order valence-corrected chi connectivity index (χ2v) is 11.5. The van der Waals surface area contributed by atoms with Crippen molar-refractivity contribution in [1.29, 1.82) is 0 Å². The van der Waals surface area contributed by atoms with Crippen LogP contribution in [0.4, 0.5) is 0 Å². The number of benzene rings is 1. The molecule has 3 heterocycles. The van der Waals surface area contributed by atoms with Crippen molar-refractivity contribution in [2.75, 3.05) is 27.2 Å². The molecule has 0 unspecified atom stereocenters. The molecule has 0 N–H and O–H groups in total. The fourth-order valence-corrected chi connectivity index (χ4v) is 5.82. The summed E-state index contributed by atoms with van der Waals surface area (Å²) < 4.78 is 9.35. The van der Waals surface area contributed by atoms with Crippen LogP contribution in [0.3, 0.4) is 0 Å². The first kappa shape index (κ1) is 27.6. The number of nitrogens with zero attached hydrogens (tertiary/aromatic N) is 6. The molecule has 0 aliphatic heterocycles. The van der Waals surface area contributed by atoms with E-state index in [4.69, 9.17) is 4.42 Å². The van der Waals surface area contributed by atoms with Crippen LogP contribution in [0.5, 0.6) is 0 Å². The number of furan rings is 1. The molecule has 4 aromatic rings. The topological polar surface area (TPSA) is 72.3 Å². The minimum atomic E-state index is -0.710. The number of rotatable bonds is 11. The van der Waals surface area contributed by atoms with Crippen LogP contribution in [0.1, 0.15) is 42.2 Å². The number of aromatic nitrogens is 4. The molecule has 0 fully saturated rings.